The summed E-state index contributed by atoms with van der Waals surface area (Å²) in [5.74, 6) is 0.0728. The summed E-state index contributed by atoms with van der Waals surface area (Å²) in [6.45, 7) is 1.68. The van der Waals surface area contributed by atoms with Gasteiger partial charge in [-0.1, -0.05) is 0 Å². The Morgan fingerprint density at radius 1 is 1.62 bits per heavy atom. The van der Waals surface area contributed by atoms with Crippen LogP contribution >= 0.6 is 11.3 Å². The standard InChI is InChI=1S/C13H18N4O3S/c14-11-16-9(6-21-11)2-3-10(18)17-5-1-4-13(8-17)7-15-12(19)20-13/h6H,1-5,7-8H2,(H2,14,16)(H,15,19). The van der Waals surface area contributed by atoms with Gasteiger partial charge in [0.1, 0.15) is 5.60 Å². The third kappa shape index (κ3) is 3.10. The molecule has 1 atom stereocenters. The first-order valence-electron chi connectivity index (χ1n) is 7.01. The van der Waals surface area contributed by atoms with Gasteiger partial charge in [-0.15, -0.1) is 11.3 Å². The van der Waals surface area contributed by atoms with Crippen molar-refractivity contribution in [2.24, 2.45) is 0 Å². The van der Waals surface area contributed by atoms with Crippen molar-refractivity contribution in [3.05, 3.63) is 11.1 Å². The number of aryl methyl sites for hydroxylation is 1. The van der Waals surface area contributed by atoms with Gasteiger partial charge in [0.15, 0.2) is 5.13 Å². The van der Waals surface area contributed by atoms with E-state index in [-0.39, 0.29) is 12.0 Å². The van der Waals surface area contributed by atoms with E-state index in [9.17, 15) is 9.59 Å². The van der Waals surface area contributed by atoms with Crippen LogP contribution in [0, 0.1) is 0 Å². The summed E-state index contributed by atoms with van der Waals surface area (Å²) < 4.78 is 5.37. The van der Waals surface area contributed by atoms with Crippen molar-refractivity contribution in [3.63, 3.8) is 0 Å². The maximum absolute atomic E-state index is 12.3. The highest BCUT2D eigenvalue weighted by atomic mass is 32.1. The molecule has 0 bridgehead atoms. The number of rotatable bonds is 3. The Morgan fingerprint density at radius 2 is 2.48 bits per heavy atom. The van der Waals surface area contributed by atoms with Gasteiger partial charge in [-0.05, 0) is 19.3 Å². The number of nitrogen functional groups attached to an aromatic ring is 1. The predicted molar refractivity (Wildman–Crippen MR) is 77.9 cm³/mol. The zero-order chi connectivity index (χ0) is 14.9. The fourth-order valence-electron chi connectivity index (χ4n) is 2.87. The first kappa shape index (κ1) is 14.1. The van der Waals surface area contributed by atoms with Gasteiger partial charge >= 0.3 is 6.09 Å². The Bertz CT molecular complexity index is 561. The highest BCUT2D eigenvalue weighted by Gasteiger charge is 2.44. The van der Waals surface area contributed by atoms with E-state index in [4.69, 9.17) is 10.5 Å². The summed E-state index contributed by atoms with van der Waals surface area (Å²) in [5.41, 5.74) is 5.90. The SMILES string of the molecule is Nc1nc(CCC(=O)N2CCCC3(CNC(=O)O3)C2)cs1. The molecular formula is C13H18N4O3S. The molecule has 2 fully saturated rings. The van der Waals surface area contributed by atoms with Gasteiger partial charge in [-0.2, -0.15) is 0 Å². The Kier molecular flexibility index (Phi) is 3.71. The Labute approximate surface area is 126 Å². The molecule has 1 aromatic rings. The fourth-order valence-corrected chi connectivity index (χ4v) is 3.47. The Morgan fingerprint density at radius 3 is 3.14 bits per heavy atom. The second-order valence-corrected chi connectivity index (χ2v) is 6.41. The quantitative estimate of drug-likeness (QED) is 0.859. The largest absolute Gasteiger partial charge is 0.439 e. The number of aromatic nitrogens is 1. The number of nitrogens with zero attached hydrogens (tertiary/aromatic N) is 2. The lowest BCUT2D eigenvalue weighted by Gasteiger charge is -2.38. The zero-order valence-electron chi connectivity index (χ0n) is 11.6. The van der Waals surface area contributed by atoms with E-state index in [0.29, 0.717) is 31.1 Å². The average Bonchev–Trinajstić information content (AvgIpc) is 3.03. The normalized spacial score (nSPS) is 25.0. The first-order valence-corrected chi connectivity index (χ1v) is 7.89. The molecule has 0 aromatic carbocycles. The van der Waals surface area contributed by atoms with Crippen LogP contribution in [0.15, 0.2) is 5.38 Å². The van der Waals surface area contributed by atoms with Crippen molar-refractivity contribution < 1.29 is 14.3 Å². The average molecular weight is 310 g/mol. The van der Waals surface area contributed by atoms with Crippen LogP contribution in [0.2, 0.25) is 0 Å². The number of piperidine rings is 1. The monoisotopic (exact) mass is 310 g/mol. The van der Waals surface area contributed by atoms with E-state index in [0.717, 1.165) is 25.1 Å². The van der Waals surface area contributed by atoms with E-state index in [1.807, 2.05) is 5.38 Å². The van der Waals surface area contributed by atoms with Gasteiger partial charge in [-0.3, -0.25) is 4.79 Å². The van der Waals surface area contributed by atoms with Gasteiger partial charge in [0.2, 0.25) is 5.91 Å². The highest BCUT2D eigenvalue weighted by molar-refractivity contribution is 7.13. The van der Waals surface area contributed by atoms with E-state index in [1.165, 1.54) is 11.3 Å². The summed E-state index contributed by atoms with van der Waals surface area (Å²) in [6, 6.07) is 0. The summed E-state index contributed by atoms with van der Waals surface area (Å²) in [6.07, 6.45) is 2.26. The molecule has 2 aliphatic heterocycles. The number of carbonyl (C=O) groups is 2. The van der Waals surface area contributed by atoms with E-state index < -0.39 is 5.60 Å². The molecule has 0 aliphatic carbocycles. The number of hydrogen-bond donors (Lipinski definition) is 2. The van der Waals surface area contributed by atoms with Crippen molar-refractivity contribution in [3.8, 4) is 0 Å². The minimum absolute atomic E-state index is 0.0728. The molecule has 2 amide bonds. The van der Waals surface area contributed by atoms with Gasteiger partial charge in [-0.25, -0.2) is 9.78 Å². The van der Waals surface area contributed by atoms with Gasteiger partial charge in [0.05, 0.1) is 18.8 Å². The molecule has 1 aromatic heterocycles. The van der Waals surface area contributed by atoms with E-state index in [1.54, 1.807) is 4.90 Å². The number of thiazole rings is 1. The van der Waals surface area contributed by atoms with Crippen LogP contribution in [-0.2, 0) is 16.0 Å². The van der Waals surface area contributed by atoms with Crippen LogP contribution in [0.3, 0.4) is 0 Å². The molecule has 7 nitrogen and oxygen atoms in total. The van der Waals surface area contributed by atoms with Gasteiger partial charge in [0, 0.05) is 18.3 Å². The predicted octanol–water partition coefficient (Wildman–Crippen LogP) is 0.759. The molecule has 3 rings (SSSR count). The highest BCUT2D eigenvalue weighted by Crippen LogP contribution is 2.28. The van der Waals surface area contributed by atoms with Crippen LogP contribution in [0.25, 0.3) is 0 Å². The molecule has 3 N–H and O–H groups in total. The number of nitrogens with one attached hydrogen (secondary N) is 1. The van der Waals surface area contributed by atoms with Crippen LogP contribution < -0.4 is 11.1 Å². The Balaban J connectivity index is 1.56. The number of carbonyl (C=O) groups excluding carboxylic acids is 2. The third-order valence-corrected chi connectivity index (χ3v) is 4.64. The number of nitrogens with two attached hydrogens (primary N) is 1. The topological polar surface area (TPSA) is 97.5 Å². The molecule has 8 heteroatoms. The summed E-state index contributed by atoms with van der Waals surface area (Å²) >= 11 is 1.38. The van der Waals surface area contributed by atoms with Crippen LogP contribution in [0.1, 0.15) is 25.0 Å². The van der Waals surface area contributed by atoms with Gasteiger partial charge in [0.25, 0.3) is 0 Å². The molecular weight excluding hydrogens is 292 g/mol. The molecule has 0 radical (unpaired) electrons. The lowest BCUT2D eigenvalue weighted by molar-refractivity contribution is -0.136. The second-order valence-electron chi connectivity index (χ2n) is 5.52. The number of likely N-dealkylation sites (tertiary alicyclic amines) is 1. The smallest absolute Gasteiger partial charge is 0.407 e. The fraction of sp³-hybridized carbons (Fsp3) is 0.615. The Hall–Kier alpha value is -1.83. The maximum atomic E-state index is 12.3. The van der Waals surface area contributed by atoms with Crippen molar-refractivity contribution in [1.82, 2.24) is 15.2 Å². The molecule has 1 spiro atoms. The summed E-state index contributed by atoms with van der Waals surface area (Å²) in [5, 5.41) is 5.08. The molecule has 0 saturated carbocycles. The van der Waals surface area contributed by atoms with E-state index in [2.05, 4.69) is 10.3 Å². The minimum Gasteiger partial charge on any atom is -0.439 e. The number of amides is 2. The lowest BCUT2D eigenvalue weighted by Crippen LogP contribution is -2.52. The molecule has 1 unspecified atom stereocenters. The zero-order valence-corrected chi connectivity index (χ0v) is 12.4. The van der Waals surface area contributed by atoms with Crippen molar-refractivity contribution in [1.29, 1.82) is 0 Å². The summed E-state index contributed by atoms with van der Waals surface area (Å²) in [4.78, 5) is 29.5. The number of anilines is 1. The molecule has 2 aliphatic rings. The molecule has 21 heavy (non-hydrogen) atoms. The van der Waals surface area contributed by atoms with Crippen molar-refractivity contribution >= 4 is 28.5 Å². The van der Waals surface area contributed by atoms with Crippen molar-refractivity contribution in [2.45, 2.75) is 31.3 Å². The van der Waals surface area contributed by atoms with Gasteiger partial charge < -0.3 is 20.7 Å². The molecule has 2 saturated heterocycles. The second kappa shape index (κ2) is 5.51. The maximum Gasteiger partial charge on any atom is 0.407 e. The summed E-state index contributed by atoms with van der Waals surface area (Å²) in [7, 11) is 0. The van der Waals surface area contributed by atoms with E-state index >= 15 is 0 Å². The number of alkyl carbamates (subject to hydrolysis) is 1. The lowest BCUT2D eigenvalue weighted by atomic mass is 9.93. The first-order chi connectivity index (χ1) is 10.1. The minimum atomic E-state index is -0.532. The molecule has 3 heterocycles. The number of hydrogen-bond acceptors (Lipinski definition) is 6. The molecule has 114 valence electrons. The van der Waals surface area contributed by atoms with Crippen molar-refractivity contribution in [2.75, 3.05) is 25.4 Å². The number of ether oxygens (including phenoxy) is 1. The third-order valence-electron chi connectivity index (χ3n) is 3.92. The van der Waals surface area contributed by atoms with Crippen LogP contribution in [0.4, 0.5) is 9.93 Å². The van der Waals surface area contributed by atoms with Crippen LogP contribution in [-0.4, -0.2) is 47.1 Å². The van der Waals surface area contributed by atoms with Crippen LogP contribution in [0.5, 0.6) is 0 Å².